The highest BCUT2D eigenvalue weighted by Crippen LogP contribution is 2.32. The van der Waals surface area contributed by atoms with Crippen molar-refractivity contribution in [2.24, 2.45) is 5.92 Å². The smallest absolute Gasteiger partial charge is 0.253 e. The van der Waals surface area contributed by atoms with Crippen molar-refractivity contribution >= 4 is 11.8 Å². The number of carbonyl (C=O) groups is 2. The molecule has 2 heterocycles. The molecule has 0 bridgehead atoms. The molecule has 2 aliphatic heterocycles. The maximum Gasteiger partial charge on any atom is 0.253 e. The van der Waals surface area contributed by atoms with Gasteiger partial charge in [0.15, 0.2) is 0 Å². The van der Waals surface area contributed by atoms with Gasteiger partial charge in [-0.15, -0.1) is 0 Å². The van der Waals surface area contributed by atoms with Gasteiger partial charge in [0.2, 0.25) is 5.91 Å². The van der Waals surface area contributed by atoms with Gasteiger partial charge in [-0.05, 0) is 43.5 Å². The number of amides is 2. The molecule has 4 rings (SSSR count). The summed E-state index contributed by atoms with van der Waals surface area (Å²) in [6, 6.07) is 7.56. The maximum absolute atomic E-state index is 12.6. The first-order valence-electron chi connectivity index (χ1n) is 10.0. The van der Waals surface area contributed by atoms with Gasteiger partial charge >= 0.3 is 0 Å². The Labute approximate surface area is 160 Å². The average molecular weight is 372 g/mol. The minimum Gasteiger partial charge on any atom is -0.490 e. The Morgan fingerprint density at radius 3 is 2.37 bits per heavy atom. The molecule has 0 aromatic heterocycles. The van der Waals surface area contributed by atoms with Crippen LogP contribution in [0.15, 0.2) is 24.3 Å². The lowest BCUT2D eigenvalue weighted by Crippen LogP contribution is -2.42. The van der Waals surface area contributed by atoms with Gasteiger partial charge in [0.25, 0.3) is 5.91 Å². The number of rotatable bonds is 5. The van der Waals surface area contributed by atoms with E-state index < -0.39 is 0 Å². The molecule has 3 aliphatic rings. The largest absolute Gasteiger partial charge is 0.490 e. The second-order valence-corrected chi connectivity index (χ2v) is 7.87. The van der Waals surface area contributed by atoms with E-state index in [1.807, 2.05) is 36.2 Å². The standard InChI is InChI=1S/C21H28N2O4/c1-22(17-10-13-26-14-17)20(24)15-4-6-18(7-5-15)27-19-8-11-23(12-9-19)21(25)16-2-3-16/h4-7,16-17,19H,2-3,8-14H2,1H3. The van der Waals surface area contributed by atoms with Crippen LogP contribution in [0.3, 0.4) is 0 Å². The van der Waals surface area contributed by atoms with Gasteiger partial charge in [-0.3, -0.25) is 9.59 Å². The summed E-state index contributed by atoms with van der Waals surface area (Å²) in [5.41, 5.74) is 0.668. The third kappa shape index (κ3) is 4.26. The van der Waals surface area contributed by atoms with E-state index in [1.165, 1.54) is 0 Å². The summed E-state index contributed by atoms with van der Waals surface area (Å²) < 4.78 is 11.4. The highest BCUT2D eigenvalue weighted by atomic mass is 16.5. The lowest BCUT2D eigenvalue weighted by molar-refractivity contribution is -0.134. The lowest BCUT2D eigenvalue weighted by Gasteiger charge is -2.32. The molecule has 6 heteroatoms. The first kappa shape index (κ1) is 18.3. The van der Waals surface area contributed by atoms with Crippen LogP contribution in [0.25, 0.3) is 0 Å². The van der Waals surface area contributed by atoms with E-state index in [-0.39, 0.29) is 18.1 Å². The van der Waals surface area contributed by atoms with Crippen LogP contribution in [0.2, 0.25) is 0 Å². The van der Waals surface area contributed by atoms with Crippen molar-refractivity contribution < 1.29 is 19.1 Å². The van der Waals surface area contributed by atoms with Crippen molar-refractivity contribution in [2.75, 3.05) is 33.4 Å². The molecule has 0 spiro atoms. The van der Waals surface area contributed by atoms with Crippen LogP contribution in [0.1, 0.15) is 42.5 Å². The van der Waals surface area contributed by atoms with Gasteiger partial charge in [0.05, 0.1) is 12.6 Å². The molecular formula is C21H28N2O4. The lowest BCUT2D eigenvalue weighted by atomic mass is 10.1. The van der Waals surface area contributed by atoms with E-state index in [0.29, 0.717) is 24.0 Å². The Kier molecular flexibility index (Phi) is 5.34. The van der Waals surface area contributed by atoms with Crippen LogP contribution in [0.5, 0.6) is 5.75 Å². The number of hydrogen-bond donors (Lipinski definition) is 0. The number of carbonyl (C=O) groups excluding carboxylic acids is 2. The Morgan fingerprint density at radius 1 is 1.07 bits per heavy atom. The Bertz CT molecular complexity index is 672. The summed E-state index contributed by atoms with van der Waals surface area (Å²) in [6.45, 7) is 2.90. The molecular weight excluding hydrogens is 344 g/mol. The van der Waals surface area contributed by atoms with Crippen LogP contribution in [-0.4, -0.2) is 67.1 Å². The van der Waals surface area contributed by atoms with E-state index in [0.717, 1.165) is 57.6 Å². The second-order valence-electron chi connectivity index (χ2n) is 7.87. The van der Waals surface area contributed by atoms with Crippen LogP contribution in [-0.2, 0) is 9.53 Å². The van der Waals surface area contributed by atoms with Gasteiger partial charge in [0, 0.05) is 51.1 Å². The van der Waals surface area contributed by atoms with Gasteiger partial charge in [-0.1, -0.05) is 0 Å². The first-order valence-corrected chi connectivity index (χ1v) is 10.0. The normalized spacial score (nSPS) is 23.3. The summed E-state index contributed by atoms with van der Waals surface area (Å²) >= 11 is 0. The fraction of sp³-hybridized carbons (Fsp3) is 0.619. The predicted octanol–water partition coefficient (Wildman–Crippen LogP) is 2.33. The molecule has 1 saturated carbocycles. The molecule has 1 aromatic carbocycles. The van der Waals surface area contributed by atoms with Gasteiger partial charge < -0.3 is 19.3 Å². The summed E-state index contributed by atoms with van der Waals surface area (Å²) in [4.78, 5) is 28.5. The Morgan fingerprint density at radius 2 is 1.78 bits per heavy atom. The van der Waals surface area contributed by atoms with Gasteiger partial charge in [-0.25, -0.2) is 0 Å². The first-order chi connectivity index (χ1) is 13.1. The van der Waals surface area contributed by atoms with Crippen molar-refractivity contribution in [3.8, 4) is 5.75 Å². The monoisotopic (exact) mass is 372 g/mol. The van der Waals surface area contributed by atoms with Crippen LogP contribution in [0.4, 0.5) is 0 Å². The van der Waals surface area contributed by atoms with Crippen LogP contribution >= 0.6 is 0 Å². The summed E-state index contributed by atoms with van der Waals surface area (Å²) in [5.74, 6) is 1.42. The van der Waals surface area contributed by atoms with E-state index in [9.17, 15) is 9.59 Å². The maximum atomic E-state index is 12.6. The topological polar surface area (TPSA) is 59.1 Å². The zero-order valence-corrected chi connectivity index (χ0v) is 15.9. The molecule has 1 aliphatic carbocycles. The molecule has 1 unspecified atom stereocenters. The molecule has 0 radical (unpaired) electrons. The van der Waals surface area contributed by atoms with E-state index in [4.69, 9.17) is 9.47 Å². The highest BCUT2D eigenvalue weighted by Gasteiger charge is 2.35. The summed E-state index contributed by atoms with van der Waals surface area (Å²) in [5, 5.41) is 0. The zero-order valence-electron chi connectivity index (χ0n) is 15.9. The number of piperidine rings is 1. The van der Waals surface area contributed by atoms with Gasteiger partial charge in [-0.2, -0.15) is 0 Å². The number of nitrogens with zero attached hydrogens (tertiary/aromatic N) is 2. The molecule has 0 N–H and O–H groups in total. The molecule has 3 fully saturated rings. The van der Waals surface area contributed by atoms with Crippen molar-refractivity contribution in [1.82, 2.24) is 9.80 Å². The molecule has 27 heavy (non-hydrogen) atoms. The fourth-order valence-corrected chi connectivity index (χ4v) is 3.85. The molecule has 1 aromatic rings. The van der Waals surface area contributed by atoms with Crippen LogP contribution in [0, 0.1) is 5.92 Å². The minimum absolute atomic E-state index is 0.0175. The third-order valence-electron chi connectivity index (χ3n) is 5.86. The molecule has 146 valence electrons. The number of likely N-dealkylation sites (tertiary alicyclic amines) is 1. The third-order valence-corrected chi connectivity index (χ3v) is 5.86. The minimum atomic E-state index is 0.0175. The molecule has 1 atom stereocenters. The Balaban J connectivity index is 1.28. The highest BCUT2D eigenvalue weighted by molar-refractivity contribution is 5.94. The molecule has 6 nitrogen and oxygen atoms in total. The number of benzene rings is 1. The summed E-state index contributed by atoms with van der Waals surface area (Å²) in [7, 11) is 1.84. The van der Waals surface area contributed by atoms with Crippen molar-refractivity contribution in [2.45, 2.75) is 44.2 Å². The molecule has 2 saturated heterocycles. The van der Waals surface area contributed by atoms with Gasteiger partial charge in [0.1, 0.15) is 11.9 Å². The number of likely N-dealkylation sites (N-methyl/N-ethyl adjacent to an activating group) is 1. The van der Waals surface area contributed by atoms with E-state index in [2.05, 4.69) is 0 Å². The Hall–Kier alpha value is -2.08. The zero-order chi connectivity index (χ0) is 18.8. The number of hydrogen-bond acceptors (Lipinski definition) is 4. The van der Waals surface area contributed by atoms with Crippen molar-refractivity contribution in [3.63, 3.8) is 0 Å². The second kappa shape index (κ2) is 7.89. The summed E-state index contributed by atoms with van der Waals surface area (Å²) in [6.07, 6.45) is 4.87. The fourth-order valence-electron chi connectivity index (χ4n) is 3.85. The van der Waals surface area contributed by atoms with E-state index in [1.54, 1.807) is 4.90 Å². The van der Waals surface area contributed by atoms with Crippen molar-refractivity contribution in [1.29, 1.82) is 0 Å². The average Bonchev–Trinajstić information content (AvgIpc) is 3.41. The molecule has 2 amide bonds. The van der Waals surface area contributed by atoms with Crippen molar-refractivity contribution in [3.05, 3.63) is 29.8 Å². The quantitative estimate of drug-likeness (QED) is 0.796. The number of ether oxygens (including phenoxy) is 2. The van der Waals surface area contributed by atoms with E-state index >= 15 is 0 Å². The predicted molar refractivity (Wildman–Crippen MR) is 101 cm³/mol. The SMILES string of the molecule is CN(C(=O)c1ccc(OC2CCN(C(=O)C3CC3)CC2)cc1)C1CCOC1. The van der Waals surface area contributed by atoms with Crippen LogP contribution < -0.4 is 4.74 Å².